The fourth-order valence-corrected chi connectivity index (χ4v) is 3.57. The Kier molecular flexibility index (Phi) is 5.35. The molecule has 5 rings (SSSR count). The first kappa shape index (κ1) is 20.5. The number of halogens is 2. The van der Waals surface area contributed by atoms with Crippen molar-refractivity contribution in [1.82, 2.24) is 24.7 Å². The maximum absolute atomic E-state index is 14.7. The van der Waals surface area contributed by atoms with Gasteiger partial charge in [-0.1, -0.05) is 18.2 Å². The van der Waals surface area contributed by atoms with E-state index in [0.717, 1.165) is 5.69 Å². The normalized spacial score (nSPS) is 11.1. The first-order chi connectivity index (χ1) is 16.1. The Balaban J connectivity index is 1.59. The molecule has 33 heavy (non-hydrogen) atoms. The van der Waals surface area contributed by atoms with Crippen LogP contribution in [0.25, 0.3) is 28.0 Å². The molecule has 0 saturated heterocycles. The Morgan fingerprint density at radius 2 is 1.70 bits per heavy atom. The minimum Gasteiger partial charge on any atom is -0.383 e. The van der Waals surface area contributed by atoms with E-state index in [9.17, 15) is 8.78 Å². The van der Waals surface area contributed by atoms with E-state index in [1.165, 1.54) is 22.9 Å². The highest BCUT2D eigenvalue weighted by Crippen LogP contribution is 2.33. The van der Waals surface area contributed by atoms with E-state index in [1.807, 2.05) is 18.2 Å². The Morgan fingerprint density at radius 1 is 0.909 bits per heavy atom. The Bertz CT molecular complexity index is 1420. The van der Waals surface area contributed by atoms with Gasteiger partial charge >= 0.3 is 0 Å². The number of anilines is 2. The first-order valence-electron chi connectivity index (χ1n) is 10.3. The van der Waals surface area contributed by atoms with Gasteiger partial charge in [0.1, 0.15) is 17.5 Å². The van der Waals surface area contributed by atoms with Crippen LogP contribution in [0.3, 0.4) is 0 Å². The van der Waals surface area contributed by atoms with Gasteiger partial charge in [0.05, 0.1) is 16.8 Å². The average molecular weight is 443 g/mol. The zero-order valence-corrected chi connectivity index (χ0v) is 17.4. The third kappa shape index (κ3) is 4.08. The molecule has 7 nitrogen and oxygen atoms in total. The van der Waals surface area contributed by atoms with Crippen LogP contribution in [0.1, 0.15) is 5.69 Å². The van der Waals surface area contributed by atoms with Crippen molar-refractivity contribution >= 4 is 22.8 Å². The summed E-state index contributed by atoms with van der Waals surface area (Å²) in [5, 5.41) is 8.08. The molecule has 0 amide bonds. The molecule has 0 aliphatic carbocycles. The molecule has 3 aromatic heterocycles. The van der Waals surface area contributed by atoms with Crippen LogP contribution >= 0.6 is 0 Å². The van der Waals surface area contributed by atoms with Gasteiger partial charge in [-0.25, -0.2) is 18.4 Å². The summed E-state index contributed by atoms with van der Waals surface area (Å²) in [7, 11) is 0. The standard InChI is InChI=1S/C24H19F2N7/c25-15-8-10-17(11-9-15)33-22(27)20-21(18-6-1-2-7-19(18)26)30-24(31-23(20)32-33)29-14-12-16-5-3-4-13-28-16/h1-11,13H,12,14,27H2,(H,29,31,32). The van der Waals surface area contributed by atoms with E-state index in [1.54, 1.807) is 36.5 Å². The molecular weight excluding hydrogens is 424 g/mol. The second-order valence-corrected chi connectivity index (χ2v) is 7.35. The SMILES string of the molecule is Nc1c2c(-c3ccccc3F)nc(NCCc3ccccn3)nc2nn1-c1ccc(F)cc1. The Morgan fingerprint density at radius 3 is 2.45 bits per heavy atom. The zero-order chi connectivity index (χ0) is 22.8. The van der Waals surface area contributed by atoms with E-state index >= 15 is 0 Å². The van der Waals surface area contributed by atoms with Gasteiger partial charge in [0.2, 0.25) is 5.95 Å². The van der Waals surface area contributed by atoms with Crippen molar-refractivity contribution in [2.45, 2.75) is 6.42 Å². The van der Waals surface area contributed by atoms with Crippen molar-refractivity contribution in [3.05, 3.63) is 90.3 Å². The third-order valence-corrected chi connectivity index (χ3v) is 5.16. The van der Waals surface area contributed by atoms with Crippen LogP contribution in [0, 0.1) is 11.6 Å². The second-order valence-electron chi connectivity index (χ2n) is 7.35. The highest BCUT2D eigenvalue weighted by Gasteiger charge is 2.21. The average Bonchev–Trinajstić information content (AvgIpc) is 3.16. The van der Waals surface area contributed by atoms with E-state index in [2.05, 4.69) is 25.4 Å². The molecule has 0 fully saturated rings. The number of pyridine rings is 1. The number of benzene rings is 2. The maximum atomic E-state index is 14.7. The lowest BCUT2D eigenvalue weighted by Gasteiger charge is -2.09. The number of nitrogens with two attached hydrogens (primary N) is 1. The molecule has 3 N–H and O–H groups in total. The van der Waals surface area contributed by atoms with Gasteiger partial charge in [-0.15, -0.1) is 5.10 Å². The minimum atomic E-state index is -0.439. The van der Waals surface area contributed by atoms with E-state index in [4.69, 9.17) is 5.73 Å². The number of nitrogens with one attached hydrogen (secondary N) is 1. The van der Waals surface area contributed by atoms with Crippen LogP contribution in [0.4, 0.5) is 20.5 Å². The maximum Gasteiger partial charge on any atom is 0.225 e. The zero-order valence-electron chi connectivity index (χ0n) is 17.4. The van der Waals surface area contributed by atoms with Crippen LogP contribution in [-0.2, 0) is 6.42 Å². The molecule has 0 spiro atoms. The lowest BCUT2D eigenvalue weighted by atomic mass is 10.1. The number of rotatable bonds is 6. The predicted molar refractivity (Wildman–Crippen MR) is 123 cm³/mol. The Labute approximate surface area is 188 Å². The molecule has 0 aliphatic heterocycles. The van der Waals surface area contributed by atoms with E-state index in [0.29, 0.717) is 41.3 Å². The summed E-state index contributed by atoms with van der Waals surface area (Å²) in [6, 6.07) is 17.8. The molecule has 0 radical (unpaired) electrons. The molecule has 9 heteroatoms. The largest absolute Gasteiger partial charge is 0.383 e. The summed E-state index contributed by atoms with van der Waals surface area (Å²) >= 11 is 0. The summed E-state index contributed by atoms with van der Waals surface area (Å²) in [6.07, 6.45) is 2.39. The van der Waals surface area contributed by atoms with Gasteiger partial charge in [0.25, 0.3) is 0 Å². The number of nitrogens with zero attached hydrogens (tertiary/aromatic N) is 5. The van der Waals surface area contributed by atoms with Crippen LogP contribution in [0.2, 0.25) is 0 Å². The van der Waals surface area contributed by atoms with E-state index in [-0.39, 0.29) is 17.2 Å². The Hall–Kier alpha value is -4.40. The van der Waals surface area contributed by atoms with Crippen molar-refractivity contribution in [2.75, 3.05) is 17.6 Å². The van der Waals surface area contributed by atoms with Crippen molar-refractivity contribution in [2.24, 2.45) is 0 Å². The van der Waals surface area contributed by atoms with Gasteiger partial charge in [0.15, 0.2) is 5.65 Å². The fraction of sp³-hybridized carbons (Fsp3) is 0.0833. The molecule has 164 valence electrons. The van der Waals surface area contributed by atoms with Crippen molar-refractivity contribution in [3.63, 3.8) is 0 Å². The first-order valence-corrected chi connectivity index (χ1v) is 10.3. The van der Waals surface area contributed by atoms with Gasteiger partial charge in [-0.2, -0.15) is 4.98 Å². The quantitative estimate of drug-likeness (QED) is 0.404. The van der Waals surface area contributed by atoms with Gasteiger partial charge in [0, 0.05) is 30.4 Å². The lowest BCUT2D eigenvalue weighted by molar-refractivity contribution is 0.627. The number of nitrogen functional groups attached to an aromatic ring is 1. The summed E-state index contributed by atoms with van der Waals surface area (Å²) < 4.78 is 29.6. The highest BCUT2D eigenvalue weighted by molar-refractivity contribution is 5.99. The molecular formula is C24H19F2N7. The predicted octanol–water partition coefficient (Wildman–Crippen LogP) is 4.39. The van der Waals surface area contributed by atoms with Crippen LogP contribution in [0.15, 0.2) is 72.9 Å². The van der Waals surface area contributed by atoms with E-state index < -0.39 is 5.82 Å². The topological polar surface area (TPSA) is 94.5 Å². The van der Waals surface area contributed by atoms with Crippen LogP contribution < -0.4 is 11.1 Å². The summed E-state index contributed by atoms with van der Waals surface area (Å²) in [6.45, 7) is 0.521. The molecule has 0 aliphatic rings. The van der Waals surface area contributed by atoms with Crippen LogP contribution in [0.5, 0.6) is 0 Å². The molecule has 0 atom stereocenters. The highest BCUT2D eigenvalue weighted by atomic mass is 19.1. The monoisotopic (exact) mass is 443 g/mol. The molecule has 3 heterocycles. The summed E-state index contributed by atoms with van der Waals surface area (Å²) in [5.41, 5.74) is 8.77. The van der Waals surface area contributed by atoms with Crippen molar-refractivity contribution in [1.29, 1.82) is 0 Å². The molecule has 2 aromatic carbocycles. The van der Waals surface area contributed by atoms with Crippen LogP contribution in [-0.4, -0.2) is 31.3 Å². The summed E-state index contributed by atoms with van der Waals surface area (Å²) in [4.78, 5) is 13.4. The molecule has 0 bridgehead atoms. The molecule has 0 saturated carbocycles. The molecule has 5 aromatic rings. The number of aromatic nitrogens is 5. The van der Waals surface area contributed by atoms with Gasteiger partial charge in [-0.05, 0) is 48.5 Å². The van der Waals surface area contributed by atoms with Gasteiger partial charge in [-0.3, -0.25) is 4.98 Å². The third-order valence-electron chi connectivity index (χ3n) is 5.16. The summed E-state index contributed by atoms with van der Waals surface area (Å²) in [5.74, 6) is -0.290. The molecule has 0 unspecified atom stereocenters. The lowest BCUT2D eigenvalue weighted by Crippen LogP contribution is -2.09. The smallest absolute Gasteiger partial charge is 0.225 e. The van der Waals surface area contributed by atoms with Crippen molar-refractivity contribution < 1.29 is 8.78 Å². The number of hydrogen-bond acceptors (Lipinski definition) is 6. The van der Waals surface area contributed by atoms with Gasteiger partial charge < -0.3 is 11.1 Å². The fourth-order valence-electron chi connectivity index (χ4n) is 3.57. The minimum absolute atomic E-state index is 0.231. The second kappa shape index (κ2) is 8.62. The van der Waals surface area contributed by atoms with Crippen molar-refractivity contribution in [3.8, 4) is 16.9 Å². The number of fused-ring (bicyclic) bond motifs is 1. The number of hydrogen-bond donors (Lipinski definition) is 2.